The van der Waals surface area contributed by atoms with E-state index in [0.717, 1.165) is 82.9 Å². The number of rotatable bonds is 5. The van der Waals surface area contributed by atoms with Crippen molar-refractivity contribution in [3.8, 4) is 44.9 Å². The summed E-state index contributed by atoms with van der Waals surface area (Å²) in [5.74, 6) is 0.716. The van der Waals surface area contributed by atoms with E-state index in [-0.39, 0.29) is 11.5 Å². The van der Waals surface area contributed by atoms with E-state index >= 15 is 0 Å². The topological polar surface area (TPSA) is 53.6 Å². The Kier molecular flexibility index (Phi) is 7.15. The average molecular weight is 619 g/mol. The molecule has 0 amide bonds. The molecule has 0 saturated heterocycles. The van der Waals surface area contributed by atoms with E-state index in [1.165, 1.54) is 17.7 Å². The molecule has 4 heteroatoms. The third kappa shape index (κ3) is 4.77. The van der Waals surface area contributed by atoms with Crippen LogP contribution in [0.5, 0.6) is 11.5 Å². The third-order valence-corrected chi connectivity index (χ3v) is 9.31. The van der Waals surface area contributed by atoms with Gasteiger partial charge in [-0.1, -0.05) is 122 Å². The van der Waals surface area contributed by atoms with Crippen molar-refractivity contribution in [1.29, 1.82) is 0 Å². The molecule has 1 aromatic heterocycles. The summed E-state index contributed by atoms with van der Waals surface area (Å²) in [6.45, 7) is 6.41. The van der Waals surface area contributed by atoms with Crippen LogP contribution in [0, 0.1) is 0 Å². The molecule has 2 radical (unpaired) electrons. The molecule has 7 aromatic carbocycles. The van der Waals surface area contributed by atoms with Gasteiger partial charge in [0.2, 0.25) is 0 Å². The van der Waals surface area contributed by atoms with Crippen LogP contribution >= 0.6 is 0 Å². The molecule has 0 fully saturated rings. The van der Waals surface area contributed by atoms with Gasteiger partial charge in [-0.05, 0) is 90.5 Å². The van der Waals surface area contributed by atoms with Crippen molar-refractivity contribution in [2.75, 3.05) is 0 Å². The molecule has 48 heavy (non-hydrogen) atoms. The number of aromatic hydroxyl groups is 2. The van der Waals surface area contributed by atoms with Gasteiger partial charge in [-0.25, -0.2) is 0 Å². The van der Waals surface area contributed by atoms with E-state index in [0.29, 0.717) is 11.0 Å². The molecule has 1 heterocycles. The van der Waals surface area contributed by atoms with E-state index in [1.807, 2.05) is 30.3 Å². The van der Waals surface area contributed by atoms with Gasteiger partial charge in [-0.15, -0.1) is 0 Å². The Morgan fingerprint density at radius 2 is 1.27 bits per heavy atom. The summed E-state index contributed by atoms with van der Waals surface area (Å²) < 4.78 is 6.58. The number of phenolic OH excluding ortho intramolecular Hbond substituents is 2. The fraction of sp³-hybridized carbons (Fsp3) is 0.0455. The maximum absolute atomic E-state index is 10.8. The predicted molar refractivity (Wildman–Crippen MR) is 200 cm³/mol. The number of aryl methyl sites for hydroxylation is 1. The minimum absolute atomic E-state index is 0.0649. The second-order valence-corrected chi connectivity index (χ2v) is 12.2. The van der Waals surface area contributed by atoms with Gasteiger partial charge in [-0.2, -0.15) is 0 Å². The smallest absolute Gasteiger partial charge is 0.135 e. The molecular formula is C44H31BO3. The van der Waals surface area contributed by atoms with Gasteiger partial charge in [0, 0.05) is 22.6 Å². The highest BCUT2D eigenvalue weighted by molar-refractivity contribution is 6.36. The van der Waals surface area contributed by atoms with Crippen molar-refractivity contribution in [1.82, 2.24) is 0 Å². The maximum Gasteiger partial charge on any atom is 0.135 e. The lowest BCUT2D eigenvalue weighted by Crippen LogP contribution is -2.21. The number of fused-ring (bicyclic) bond motifs is 3. The molecule has 0 aliphatic carbocycles. The van der Waals surface area contributed by atoms with Crippen LogP contribution in [0.4, 0.5) is 0 Å². The van der Waals surface area contributed by atoms with Crippen LogP contribution in [0.3, 0.4) is 0 Å². The Bertz CT molecular complexity index is 2590. The minimum atomic E-state index is -0.0754. The number of hydrogen-bond donors (Lipinski definition) is 2. The molecule has 8 aromatic rings. The van der Waals surface area contributed by atoms with Crippen LogP contribution in [0.15, 0.2) is 132 Å². The molecule has 0 atom stereocenters. The first-order valence-corrected chi connectivity index (χ1v) is 16.1. The lowest BCUT2D eigenvalue weighted by Gasteiger charge is -2.19. The molecule has 2 N–H and O–H groups in total. The summed E-state index contributed by atoms with van der Waals surface area (Å²) in [6, 6.07) is 42.4. The zero-order chi connectivity index (χ0) is 32.9. The van der Waals surface area contributed by atoms with Gasteiger partial charge in [-0.3, -0.25) is 0 Å². The highest BCUT2D eigenvalue weighted by atomic mass is 16.3. The number of benzene rings is 7. The molecule has 0 unspecified atom stereocenters. The van der Waals surface area contributed by atoms with Crippen LogP contribution in [-0.2, 0) is 6.42 Å². The first kappa shape index (κ1) is 29.4. The normalized spacial score (nSPS) is 12.0. The predicted octanol–water partition coefficient (Wildman–Crippen LogP) is 8.75. The summed E-state index contributed by atoms with van der Waals surface area (Å²) >= 11 is 0. The second kappa shape index (κ2) is 11.7. The number of phenols is 2. The van der Waals surface area contributed by atoms with Gasteiger partial charge >= 0.3 is 0 Å². The van der Waals surface area contributed by atoms with Crippen molar-refractivity contribution in [3.63, 3.8) is 0 Å². The average Bonchev–Trinajstić information content (AvgIpc) is 3.45. The molecule has 0 saturated carbocycles. The van der Waals surface area contributed by atoms with Crippen molar-refractivity contribution in [3.05, 3.63) is 149 Å². The summed E-state index contributed by atoms with van der Waals surface area (Å²) in [5.41, 5.74) is 7.98. The second-order valence-electron chi connectivity index (χ2n) is 12.2. The minimum Gasteiger partial charge on any atom is -0.508 e. The van der Waals surface area contributed by atoms with E-state index in [9.17, 15) is 10.2 Å². The van der Waals surface area contributed by atoms with Crippen LogP contribution in [0.1, 0.15) is 18.2 Å². The standard InChI is InChI=1S/C44H31BO3/c1-3-31-40(23-27-13-5-4-12-26(27)2)48-39-21-11-20-36(44(31)39)43-34-18-8-6-16-32(34)41(33-17-7-9-19-35(33)43)28-14-10-15-29(22-28)42-37(45)24-30(46)25-38(42)47/h4-25,46-47H,2-3H2,1H3/b27-23-. The van der Waals surface area contributed by atoms with Gasteiger partial charge in [0.15, 0.2) is 0 Å². The Morgan fingerprint density at radius 3 is 1.92 bits per heavy atom. The highest BCUT2D eigenvalue weighted by Gasteiger charge is 2.22. The monoisotopic (exact) mass is 618 g/mol. The third-order valence-electron chi connectivity index (χ3n) is 9.31. The first-order chi connectivity index (χ1) is 23.4. The van der Waals surface area contributed by atoms with Crippen LogP contribution < -0.4 is 15.9 Å². The zero-order valence-electron chi connectivity index (χ0n) is 26.5. The summed E-state index contributed by atoms with van der Waals surface area (Å²) in [4.78, 5) is 0. The van der Waals surface area contributed by atoms with E-state index in [2.05, 4.69) is 105 Å². The van der Waals surface area contributed by atoms with Crippen LogP contribution in [0.25, 0.3) is 78.5 Å². The summed E-state index contributed by atoms with van der Waals surface area (Å²) in [5, 5.41) is 28.4. The summed E-state index contributed by atoms with van der Waals surface area (Å²) in [7, 11) is 6.30. The van der Waals surface area contributed by atoms with Crippen molar-refractivity contribution in [2.45, 2.75) is 13.3 Å². The molecule has 0 bridgehead atoms. The Balaban J connectivity index is 1.43. The highest BCUT2D eigenvalue weighted by Crippen LogP contribution is 2.47. The Labute approximate surface area is 279 Å². The molecular weight excluding hydrogens is 587 g/mol. The number of hydrogen-bond acceptors (Lipinski definition) is 3. The largest absolute Gasteiger partial charge is 0.508 e. The van der Waals surface area contributed by atoms with Gasteiger partial charge in [0.1, 0.15) is 30.7 Å². The molecule has 3 nitrogen and oxygen atoms in total. The first-order valence-electron chi connectivity index (χ1n) is 16.1. The molecule has 0 aliphatic heterocycles. The van der Waals surface area contributed by atoms with Gasteiger partial charge < -0.3 is 14.6 Å². The van der Waals surface area contributed by atoms with Crippen LogP contribution in [0.2, 0.25) is 0 Å². The SMILES string of the molecule is [B]c1cc(O)cc(O)c1-c1cccc(-c2c3ccccc3c(-c3cccc4oc(/C=c5/ccccc5=C)c(CC)c34)c3ccccc23)c1. The Morgan fingerprint density at radius 1 is 0.667 bits per heavy atom. The fourth-order valence-corrected chi connectivity index (χ4v) is 7.23. The van der Waals surface area contributed by atoms with E-state index in [1.54, 1.807) is 0 Å². The summed E-state index contributed by atoms with van der Waals surface area (Å²) in [6.07, 6.45) is 2.92. The lowest BCUT2D eigenvalue weighted by molar-refractivity contribution is 0.452. The quantitative estimate of drug-likeness (QED) is 0.150. The molecule has 228 valence electrons. The lowest BCUT2D eigenvalue weighted by atomic mass is 9.83. The maximum atomic E-state index is 10.8. The number of furan rings is 1. The Hall–Kier alpha value is -6.00. The van der Waals surface area contributed by atoms with Crippen molar-refractivity contribution >= 4 is 58.5 Å². The van der Waals surface area contributed by atoms with Crippen molar-refractivity contribution < 1.29 is 14.6 Å². The van der Waals surface area contributed by atoms with Gasteiger partial charge in [0.05, 0.1) is 0 Å². The molecule has 0 aliphatic rings. The van der Waals surface area contributed by atoms with E-state index < -0.39 is 0 Å². The van der Waals surface area contributed by atoms with E-state index in [4.69, 9.17) is 12.3 Å². The molecule has 8 rings (SSSR count). The van der Waals surface area contributed by atoms with Crippen LogP contribution in [-0.4, -0.2) is 18.1 Å². The molecule has 0 spiro atoms. The fourth-order valence-electron chi connectivity index (χ4n) is 7.23. The van der Waals surface area contributed by atoms with Crippen molar-refractivity contribution in [2.24, 2.45) is 0 Å². The van der Waals surface area contributed by atoms with Gasteiger partial charge in [0.25, 0.3) is 0 Å². The zero-order valence-corrected chi connectivity index (χ0v) is 26.5.